The molecule has 10 rings (SSSR count). The number of ether oxygens (including phenoxy) is 1. The topological polar surface area (TPSA) is 149 Å². The summed E-state index contributed by atoms with van der Waals surface area (Å²) in [5.41, 5.74) is 5.28. The number of likely N-dealkylation sites (tertiary alicyclic amines) is 1. The number of carbonyl (C=O) groups is 1. The van der Waals surface area contributed by atoms with Crippen LogP contribution in [0.5, 0.6) is 0 Å². The maximum Gasteiger partial charge on any atom is 0.309 e. The molecule has 2 saturated heterocycles. The number of esters is 1. The average Bonchev–Trinajstić information content (AvgIpc) is 4.13. The second kappa shape index (κ2) is 17.5. The molecule has 62 heavy (non-hydrogen) atoms. The molecule has 0 saturated carbocycles. The lowest BCUT2D eigenvalue weighted by molar-refractivity contribution is -0.139. The van der Waals surface area contributed by atoms with Crippen molar-refractivity contribution in [3.8, 4) is 0 Å². The van der Waals surface area contributed by atoms with Crippen LogP contribution in [0.1, 0.15) is 62.4 Å². The zero-order chi connectivity index (χ0) is 42.9. The van der Waals surface area contributed by atoms with Crippen molar-refractivity contribution in [2.75, 3.05) is 43.5 Å². The fraction of sp³-hybridized carbons (Fsp3) is 0.326. The molecule has 318 valence electrons. The second-order valence-electron chi connectivity index (χ2n) is 16.2. The van der Waals surface area contributed by atoms with E-state index in [-0.39, 0.29) is 35.7 Å². The van der Waals surface area contributed by atoms with Gasteiger partial charge in [-0.25, -0.2) is 4.40 Å². The molecule has 16 heteroatoms. The zero-order valence-electron chi connectivity index (χ0n) is 34.9. The monoisotopic (exact) mass is 897 g/mol. The summed E-state index contributed by atoms with van der Waals surface area (Å²) in [4.78, 5) is 43.6. The van der Waals surface area contributed by atoms with Gasteiger partial charge in [0, 0.05) is 42.4 Å². The number of rotatable bonds is 10. The quantitative estimate of drug-likeness (QED) is 0.147. The number of anilines is 2. The molecule has 15 nitrogen and oxygen atoms in total. The van der Waals surface area contributed by atoms with Gasteiger partial charge in [-0.15, -0.1) is 20.4 Å². The number of hydrogen-bond acceptors (Lipinski definition) is 11. The molecule has 0 spiro atoms. The van der Waals surface area contributed by atoms with Crippen LogP contribution in [0.25, 0.3) is 33.4 Å². The fourth-order valence-corrected chi connectivity index (χ4v) is 9.06. The number of benzene rings is 4. The molecule has 1 unspecified atom stereocenters. The van der Waals surface area contributed by atoms with Crippen LogP contribution in [0.4, 0.5) is 11.6 Å². The molecule has 2 aliphatic rings. The number of methoxy groups -OCH3 is 1. The summed E-state index contributed by atoms with van der Waals surface area (Å²) in [6, 6.07) is 29.7. The van der Waals surface area contributed by atoms with Crippen molar-refractivity contribution in [2.24, 2.45) is 0 Å². The summed E-state index contributed by atoms with van der Waals surface area (Å²) in [6.07, 6.45) is 5.98. The summed E-state index contributed by atoms with van der Waals surface area (Å²) in [6.45, 7) is 8.34. The van der Waals surface area contributed by atoms with Crippen molar-refractivity contribution in [3.63, 3.8) is 0 Å². The van der Waals surface area contributed by atoms with Gasteiger partial charge in [0.15, 0.2) is 0 Å². The van der Waals surface area contributed by atoms with Crippen LogP contribution in [0.3, 0.4) is 0 Å². The van der Waals surface area contributed by atoms with Crippen LogP contribution in [-0.4, -0.2) is 88.5 Å². The van der Waals surface area contributed by atoms with Crippen LogP contribution in [0, 0.1) is 0 Å². The van der Waals surface area contributed by atoms with E-state index in [1.165, 1.54) is 7.11 Å². The lowest BCUT2D eigenvalue weighted by atomic mass is 10.1. The number of halogens is 1. The van der Waals surface area contributed by atoms with Gasteiger partial charge in [-0.1, -0.05) is 70.5 Å². The van der Waals surface area contributed by atoms with Crippen LogP contribution in [-0.2, 0) is 22.5 Å². The molecule has 8 aromatic rings. The van der Waals surface area contributed by atoms with E-state index in [4.69, 9.17) is 4.74 Å². The van der Waals surface area contributed by atoms with Crippen LogP contribution < -0.4 is 21.3 Å². The SMILES string of the molecule is CC(C)Nc1ccc2c(c1)c(=O)n(Cc1ccccc1)c1nnc(N3CCCC3)n21.COC(=O)Cc1ccc(C(N2CCCC2)n2c(=O)c3cc(Br)ccc3n3cnnc23)cc1. The highest BCUT2D eigenvalue weighted by molar-refractivity contribution is 9.10. The molecule has 0 aliphatic carbocycles. The number of nitrogens with zero attached hydrogens (tertiary/aromatic N) is 10. The Morgan fingerprint density at radius 1 is 0.774 bits per heavy atom. The Morgan fingerprint density at radius 2 is 1.48 bits per heavy atom. The van der Waals surface area contributed by atoms with Crippen LogP contribution in [0.15, 0.2) is 111 Å². The molecular weight excluding hydrogens is 850 g/mol. The second-order valence-corrected chi connectivity index (χ2v) is 17.1. The van der Waals surface area contributed by atoms with Crippen molar-refractivity contribution in [1.82, 2.24) is 43.2 Å². The van der Waals surface area contributed by atoms with E-state index in [2.05, 4.69) is 65.3 Å². The van der Waals surface area contributed by atoms with Gasteiger partial charge in [-0.3, -0.25) is 32.8 Å². The number of nitrogens with one attached hydrogen (secondary N) is 1. The third-order valence-corrected chi connectivity index (χ3v) is 12.1. The van der Waals surface area contributed by atoms with Crippen molar-refractivity contribution >= 4 is 66.9 Å². The van der Waals surface area contributed by atoms with Gasteiger partial charge in [0.05, 0.1) is 41.9 Å². The van der Waals surface area contributed by atoms with Crippen molar-refractivity contribution < 1.29 is 9.53 Å². The lowest BCUT2D eigenvalue weighted by Crippen LogP contribution is -2.38. The van der Waals surface area contributed by atoms with Gasteiger partial charge in [-0.2, -0.15) is 0 Å². The van der Waals surface area contributed by atoms with Gasteiger partial charge in [0.1, 0.15) is 12.5 Å². The van der Waals surface area contributed by atoms with Gasteiger partial charge in [-0.05, 0) is 92.6 Å². The van der Waals surface area contributed by atoms with Crippen LogP contribution in [0.2, 0.25) is 0 Å². The fourth-order valence-electron chi connectivity index (χ4n) is 8.70. The molecule has 0 radical (unpaired) electrons. The smallest absolute Gasteiger partial charge is 0.309 e. The first-order valence-corrected chi connectivity index (χ1v) is 21.9. The van der Waals surface area contributed by atoms with Crippen LogP contribution >= 0.6 is 15.9 Å². The highest BCUT2D eigenvalue weighted by Gasteiger charge is 2.29. The van der Waals surface area contributed by atoms with Gasteiger partial charge >= 0.3 is 5.97 Å². The Balaban J connectivity index is 0.000000158. The Hall–Kier alpha value is -6.39. The lowest BCUT2D eigenvalue weighted by Gasteiger charge is -2.30. The number of aromatic nitrogens is 8. The van der Waals surface area contributed by atoms with Gasteiger partial charge in [0.25, 0.3) is 11.1 Å². The molecule has 1 atom stereocenters. The van der Waals surface area contributed by atoms with E-state index < -0.39 is 0 Å². The maximum absolute atomic E-state index is 13.8. The Bertz CT molecular complexity index is 3020. The van der Waals surface area contributed by atoms with E-state index in [9.17, 15) is 14.4 Å². The normalized spacial score (nSPS) is 14.9. The predicted octanol–water partition coefficient (Wildman–Crippen LogP) is 6.68. The van der Waals surface area contributed by atoms with E-state index in [1.807, 2.05) is 99.8 Å². The molecule has 4 aromatic carbocycles. The Kier molecular flexibility index (Phi) is 11.6. The molecule has 0 amide bonds. The van der Waals surface area contributed by atoms with E-state index >= 15 is 0 Å². The predicted molar refractivity (Wildman–Crippen MR) is 244 cm³/mol. The van der Waals surface area contributed by atoms with Gasteiger partial charge < -0.3 is 15.0 Å². The zero-order valence-corrected chi connectivity index (χ0v) is 36.5. The highest BCUT2D eigenvalue weighted by atomic mass is 79.9. The minimum absolute atomic E-state index is 0.0471. The van der Waals surface area contributed by atoms with E-state index in [0.29, 0.717) is 28.9 Å². The minimum Gasteiger partial charge on any atom is -0.469 e. The first-order valence-electron chi connectivity index (χ1n) is 21.1. The van der Waals surface area contributed by atoms with Crippen molar-refractivity contribution in [1.29, 1.82) is 0 Å². The molecule has 0 bridgehead atoms. The van der Waals surface area contributed by atoms with Crippen molar-refractivity contribution in [2.45, 2.75) is 64.7 Å². The number of carbonyl (C=O) groups excluding carboxylic acids is 1. The third-order valence-electron chi connectivity index (χ3n) is 11.6. The highest BCUT2D eigenvalue weighted by Crippen LogP contribution is 2.30. The summed E-state index contributed by atoms with van der Waals surface area (Å²) >= 11 is 3.49. The maximum atomic E-state index is 13.8. The molecule has 4 aromatic heterocycles. The Labute approximate surface area is 365 Å². The van der Waals surface area contributed by atoms with Crippen molar-refractivity contribution in [3.05, 3.63) is 139 Å². The van der Waals surface area contributed by atoms with Gasteiger partial charge in [0.2, 0.25) is 17.5 Å². The average molecular weight is 899 g/mol. The summed E-state index contributed by atoms with van der Waals surface area (Å²) < 4.78 is 13.0. The molecule has 2 fully saturated rings. The summed E-state index contributed by atoms with van der Waals surface area (Å²) in [5.74, 6) is 1.62. The molecule has 2 aliphatic heterocycles. The molecule has 6 heterocycles. The molecule has 1 N–H and O–H groups in total. The first-order chi connectivity index (χ1) is 30.2. The molecular formula is C46H48BrN11O4. The minimum atomic E-state index is -0.327. The third kappa shape index (κ3) is 7.95. The number of fused-ring (bicyclic) bond motifs is 6. The summed E-state index contributed by atoms with van der Waals surface area (Å²) in [7, 11) is 1.38. The first kappa shape index (κ1) is 41.0. The summed E-state index contributed by atoms with van der Waals surface area (Å²) in [5, 5.41) is 22.1. The largest absolute Gasteiger partial charge is 0.469 e. The van der Waals surface area contributed by atoms with E-state index in [0.717, 1.165) is 95.7 Å². The standard InChI is InChI=1S/C23H22BrN5O3.C23H26N6O/c1-32-20(30)12-15-4-6-16(7-5-15)21(27-10-2-3-11-27)29-22(31)18-13-17(24)8-9-19(18)28-14-25-26-23(28)29;1-16(2)24-18-10-11-20-19(14-18)21(30)28(15-17-8-4-3-5-9-17)23-26-25-22(29(20)23)27-12-6-7-13-27/h4-9,13-14,21H,2-3,10-12H2,1H3;3-5,8-11,14,16,24H,6-7,12-13,15H2,1-2H3. The number of hydrogen-bond donors (Lipinski definition) is 1. The Morgan fingerprint density at radius 3 is 2.21 bits per heavy atom. The van der Waals surface area contributed by atoms with E-state index in [1.54, 1.807) is 15.5 Å².